The van der Waals surface area contributed by atoms with Gasteiger partial charge in [-0.3, -0.25) is 0 Å². The molecule has 0 radical (unpaired) electrons. The average molecular weight is 991 g/mol. The van der Waals surface area contributed by atoms with Gasteiger partial charge in [0.2, 0.25) is 0 Å². The Hall–Kier alpha value is -2.97. The summed E-state index contributed by atoms with van der Waals surface area (Å²) in [5.41, 5.74) is 24.1. The van der Waals surface area contributed by atoms with Crippen molar-refractivity contribution in [1.82, 2.24) is 0 Å². The van der Waals surface area contributed by atoms with E-state index in [1.165, 1.54) is 111 Å². The third-order valence-corrected chi connectivity index (χ3v) is 35.9. The predicted molar refractivity (Wildman–Crippen MR) is 264 cm³/mol. The number of furan rings is 2. The van der Waals surface area contributed by atoms with Crippen molar-refractivity contribution in [2.75, 3.05) is 0 Å². The summed E-state index contributed by atoms with van der Waals surface area (Å²) >= 11 is -2.78. The van der Waals surface area contributed by atoms with E-state index in [1.54, 1.807) is 0 Å². The monoisotopic (exact) mass is 988 g/mol. The maximum atomic E-state index is 7.09. The molecule has 0 saturated heterocycles. The first-order valence-corrected chi connectivity index (χ1v) is 37.9. The molecule has 0 aliphatic heterocycles. The normalized spacial score (nSPS) is 15.5. The molecule has 322 valence electrons. The van der Waals surface area contributed by atoms with Crippen LogP contribution in [-0.4, -0.2) is 21.6 Å². The second-order valence-electron chi connectivity index (χ2n) is 20.5. The van der Waals surface area contributed by atoms with Gasteiger partial charge < -0.3 is 24.8 Å². The summed E-state index contributed by atoms with van der Waals surface area (Å²) in [6.45, 7) is 38.0. The summed E-state index contributed by atoms with van der Waals surface area (Å²) in [5.74, 6) is 2.16. The van der Waals surface area contributed by atoms with Crippen LogP contribution in [0.1, 0.15) is 85.5 Å². The second-order valence-corrected chi connectivity index (χ2v) is 48.3. The number of benzene rings is 4. The smallest absolute Gasteiger partial charge is 1.00 e. The van der Waals surface area contributed by atoms with Crippen LogP contribution in [-0.2, 0) is 20.4 Å². The number of hydrogen-bond donors (Lipinski definition) is 0. The van der Waals surface area contributed by atoms with Crippen LogP contribution in [0.4, 0.5) is 0 Å². The molecule has 62 heavy (non-hydrogen) atoms. The molecule has 0 bridgehead atoms. The van der Waals surface area contributed by atoms with Gasteiger partial charge in [0.15, 0.2) is 0 Å². The summed E-state index contributed by atoms with van der Waals surface area (Å²) in [6.07, 6.45) is 5.18. The Kier molecular flexibility index (Phi) is 13.9. The maximum absolute atomic E-state index is 7.09. The van der Waals surface area contributed by atoms with Crippen LogP contribution >= 0.6 is 0 Å². The van der Waals surface area contributed by atoms with Gasteiger partial charge in [-0.15, -0.1) is 0 Å². The number of hydrogen-bond acceptors (Lipinski definition) is 2. The van der Waals surface area contributed by atoms with Gasteiger partial charge in [-0.1, -0.05) is 0 Å². The Morgan fingerprint density at radius 3 is 1.11 bits per heavy atom. The van der Waals surface area contributed by atoms with Crippen LogP contribution in [0.15, 0.2) is 81.6 Å². The predicted octanol–water partition coefficient (Wildman–Crippen LogP) is 8.53. The van der Waals surface area contributed by atoms with Gasteiger partial charge in [-0.05, 0) is 0 Å². The molecule has 8 heteroatoms. The van der Waals surface area contributed by atoms with E-state index in [0.717, 1.165) is 11.5 Å². The minimum Gasteiger partial charge on any atom is -1.00 e. The fourth-order valence-electron chi connectivity index (χ4n) is 10.1. The quantitative estimate of drug-likeness (QED) is 0.143. The number of halogens is 2. The molecule has 2 atom stereocenters. The summed E-state index contributed by atoms with van der Waals surface area (Å²) in [7, 11) is -3.40. The molecule has 0 fully saturated rings. The topological polar surface area (TPSA) is 26.3 Å². The fourth-order valence-corrected chi connectivity index (χ4v) is 31.9. The van der Waals surface area contributed by atoms with Crippen molar-refractivity contribution in [3.05, 3.63) is 151 Å². The Bertz CT molecular complexity index is 2630. The molecule has 0 spiro atoms. The molecular formula is C54H64Cl2O2Si3Zr. The summed E-state index contributed by atoms with van der Waals surface area (Å²) in [5, 5.41) is 2.37. The van der Waals surface area contributed by atoms with Gasteiger partial charge in [0.25, 0.3) is 0 Å². The minimum atomic E-state index is -2.78. The maximum Gasteiger partial charge on any atom is -1.00 e. The van der Waals surface area contributed by atoms with E-state index in [4.69, 9.17) is 8.83 Å². The molecule has 2 aliphatic rings. The molecule has 0 amide bonds. The van der Waals surface area contributed by atoms with Gasteiger partial charge in [-0.25, -0.2) is 0 Å². The van der Waals surface area contributed by atoms with Crippen LogP contribution in [0.3, 0.4) is 0 Å². The Morgan fingerprint density at radius 1 is 0.484 bits per heavy atom. The Morgan fingerprint density at radius 2 is 0.823 bits per heavy atom. The van der Waals surface area contributed by atoms with Crippen molar-refractivity contribution >= 4 is 55.6 Å². The van der Waals surface area contributed by atoms with Crippen LogP contribution < -0.4 is 35.6 Å². The molecule has 2 aromatic heterocycles. The van der Waals surface area contributed by atoms with Crippen molar-refractivity contribution in [2.24, 2.45) is 0 Å². The second kappa shape index (κ2) is 17.8. The number of aryl methyl sites for hydroxylation is 6. The molecule has 2 heterocycles. The van der Waals surface area contributed by atoms with Crippen molar-refractivity contribution in [2.45, 2.75) is 115 Å². The van der Waals surface area contributed by atoms with Gasteiger partial charge in [0.05, 0.1) is 0 Å². The minimum absolute atomic E-state index is 0. The zero-order valence-electron chi connectivity index (χ0n) is 39.8. The van der Waals surface area contributed by atoms with E-state index in [1.807, 2.05) is 0 Å². The average Bonchev–Trinajstić information content (AvgIpc) is 3.94. The number of fused-ring (bicyclic) bond motifs is 2. The van der Waals surface area contributed by atoms with E-state index in [2.05, 4.69) is 193 Å². The van der Waals surface area contributed by atoms with Crippen LogP contribution in [0, 0.1) is 55.4 Å². The standard InChI is InChI=1S/2C26H29OSi.C2H6Si.2ClH.Zr/c2*1-16-10-17(2)12-22(11-16)26-19(4)18(3)13-20-14-21(15-23(20)26)24-8-9-25(27-24)28(5,6)7;1-3-2;;;/h2*8-15H,1-7H3;1-2H3;2*1H;/q;;;;;+2/p-2. The van der Waals surface area contributed by atoms with Crippen LogP contribution in [0.5, 0.6) is 0 Å². The molecule has 2 unspecified atom stereocenters. The summed E-state index contributed by atoms with van der Waals surface area (Å²) < 4.78 is 14.8. The third-order valence-electron chi connectivity index (χ3n) is 13.2. The Balaban J connectivity index is 0.00000321. The first-order chi connectivity index (χ1) is 28.1. The van der Waals surface area contributed by atoms with Gasteiger partial charge in [0.1, 0.15) is 0 Å². The molecule has 4 aromatic carbocycles. The molecule has 8 rings (SSSR count). The first-order valence-electron chi connectivity index (χ1n) is 21.9. The van der Waals surface area contributed by atoms with Crippen molar-refractivity contribution < 1.29 is 54.0 Å². The van der Waals surface area contributed by atoms with E-state index in [0.29, 0.717) is 7.25 Å². The summed E-state index contributed by atoms with van der Waals surface area (Å²) in [6, 6.07) is 28.7. The van der Waals surface area contributed by atoms with Crippen molar-refractivity contribution in [3.63, 3.8) is 0 Å². The number of allylic oxidation sites excluding steroid dienone is 2. The molecule has 2 aliphatic carbocycles. The fraction of sp³-hybridized carbons (Fsp3) is 0.333. The zero-order valence-corrected chi connectivity index (χ0v) is 46.8. The molecule has 0 N–H and O–H groups in total. The van der Waals surface area contributed by atoms with E-state index >= 15 is 0 Å². The van der Waals surface area contributed by atoms with Crippen LogP contribution in [0.25, 0.3) is 45.6 Å². The largest absolute Gasteiger partial charge is 1.00 e. The molecule has 2 nitrogen and oxygen atoms in total. The molecular weight excluding hydrogens is 927 g/mol. The van der Waals surface area contributed by atoms with E-state index in [9.17, 15) is 0 Å². The van der Waals surface area contributed by atoms with E-state index < -0.39 is 41.9 Å². The molecule has 0 saturated carbocycles. The van der Waals surface area contributed by atoms with Crippen molar-refractivity contribution in [3.8, 4) is 22.3 Å². The Labute approximate surface area is 394 Å². The third kappa shape index (κ3) is 8.75. The van der Waals surface area contributed by atoms with Crippen LogP contribution in [0.2, 0.25) is 52.4 Å². The van der Waals surface area contributed by atoms with Gasteiger partial charge in [-0.2, -0.15) is 0 Å². The van der Waals surface area contributed by atoms with Gasteiger partial charge in [0, 0.05) is 0 Å². The molecule has 6 aromatic rings. The summed E-state index contributed by atoms with van der Waals surface area (Å²) in [4.78, 5) is 0. The van der Waals surface area contributed by atoms with E-state index in [-0.39, 0.29) is 24.8 Å². The van der Waals surface area contributed by atoms with Gasteiger partial charge >= 0.3 is 373 Å². The SMILES string of the molecule is Cc1cc(C)cc(-c2c(C)c(C)cc3c2C=C(c2ccc([Si](C)(C)C)o2)[CH]3[Zr+2]([CH]2C(c3ccc([Si](C)(C)C)o3)=Cc3c2cc(C)c(C)c3-c2cc(C)cc(C)c2)=[Si](C)C)c1.[Cl-].[Cl-]. The van der Waals surface area contributed by atoms with Crippen molar-refractivity contribution in [1.29, 1.82) is 0 Å². The number of rotatable bonds is 8. The first kappa shape index (κ1) is 48.5. The zero-order chi connectivity index (χ0) is 43.3.